The van der Waals surface area contributed by atoms with Crippen LogP contribution in [0.1, 0.15) is 18.4 Å². The van der Waals surface area contributed by atoms with Crippen LogP contribution >= 0.6 is 24.0 Å². The van der Waals surface area contributed by atoms with Crippen LogP contribution in [0.15, 0.2) is 59.5 Å². The van der Waals surface area contributed by atoms with Gasteiger partial charge in [-0.3, -0.25) is 9.69 Å². The Balaban J connectivity index is 1.49. The number of para-hydroxylation sites is 1. The molecule has 1 unspecified atom stereocenters. The number of thioether (sulfide) groups is 1. The summed E-state index contributed by atoms with van der Waals surface area (Å²) in [7, 11) is 0. The Labute approximate surface area is 168 Å². The van der Waals surface area contributed by atoms with E-state index in [0.29, 0.717) is 15.8 Å². The van der Waals surface area contributed by atoms with Crippen LogP contribution in [0.3, 0.4) is 0 Å². The Bertz CT molecular complexity index is 876. The molecule has 2 fully saturated rings. The Kier molecular flexibility index (Phi) is 5.57. The molecule has 2 aromatic carbocycles. The van der Waals surface area contributed by atoms with Crippen LogP contribution in [0.25, 0.3) is 6.08 Å². The van der Waals surface area contributed by atoms with Crippen LogP contribution in [0.4, 0.5) is 0 Å². The maximum atomic E-state index is 12.7. The molecule has 0 saturated carbocycles. The normalized spacial score (nSPS) is 21.3. The first kappa shape index (κ1) is 18.2. The topological polar surface area (TPSA) is 38.8 Å². The van der Waals surface area contributed by atoms with Gasteiger partial charge in [-0.1, -0.05) is 54.3 Å². The highest BCUT2D eigenvalue weighted by atomic mass is 32.2. The van der Waals surface area contributed by atoms with Crippen LogP contribution in [0.2, 0.25) is 0 Å². The number of hydrogen-bond donors (Lipinski definition) is 0. The van der Waals surface area contributed by atoms with Gasteiger partial charge in [-0.15, -0.1) is 0 Å². The monoisotopic (exact) mass is 397 g/mol. The second kappa shape index (κ2) is 8.25. The number of nitrogens with zero attached hydrogens (tertiary/aromatic N) is 1. The van der Waals surface area contributed by atoms with Gasteiger partial charge in [-0.25, -0.2) is 0 Å². The van der Waals surface area contributed by atoms with Crippen molar-refractivity contribution in [1.29, 1.82) is 0 Å². The maximum absolute atomic E-state index is 12.7. The van der Waals surface area contributed by atoms with E-state index >= 15 is 0 Å². The Morgan fingerprint density at radius 1 is 1.19 bits per heavy atom. The second-order valence-corrected chi connectivity index (χ2v) is 8.09. The minimum atomic E-state index is -0.0464. The molecule has 4 nitrogen and oxygen atoms in total. The van der Waals surface area contributed by atoms with Gasteiger partial charge in [0.25, 0.3) is 5.91 Å². The Morgan fingerprint density at radius 2 is 2.00 bits per heavy atom. The number of amides is 1. The zero-order chi connectivity index (χ0) is 18.6. The fraction of sp³-hybridized carbons (Fsp3) is 0.238. The highest BCUT2D eigenvalue weighted by molar-refractivity contribution is 8.26. The third-order valence-corrected chi connectivity index (χ3v) is 5.80. The molecule has 2 aliphatic heterocycles. The minimum absolute atomic E-state index is 0.0464. The average Bonchev–Trinajstić information content (AvgIpc) is 3.27. The molecule has 0 spiro atoms. The lowest BCUT2D eigenvalue weighted by molar-refractivity contribution is -0.123. The summed E-state index contributed by atoms with van der Waals surface area (Å²) in [5.41, 5.74) is 0.904. The summed E-state index contributed by atoms with van der Waals surface area (Å²) in [5.74, 6) is 1.46. The van der Waals surface area contributed by atoms with Crippen molar-refractivity contribution < 1.29 is 14.3 Å². The molecule has 0 aromatic heterocycles. The predicted octanol–water partition coefficient (Wildman–Crippen LogP) is 4.86. The largest absolute Gasteiger partial charge is 0.457 e. The standard InChI is InChI=1S/C21H19NO3S2/c23-20-19(27-21(26)22(20)14-18-10-5-11-24-18)13-15-6-4-9-17(12-15)25-16-7-2-1-3-8-16/h1-4,6-9,12-13,18H,5,10-11,14H2/b19-13-. The van der Waals surface area contributed by atoms with E-state index in [1.165, 1.54) is 11.8 Å². The van der Waals surface area contributed by atoms with Gasteiger partial charge >= 0.3 is 0 Å². The first-order valence-corrected chi connectivity index (χ1v) is 10.1. The van der Waals surface area contributed by atoms with E-state index < -0.39 is 0 Å². The van der Waals surface area contributed by atoms with Gasteiger partial charge in [0.1, 0.15) is 15.8 Å². The molecule has 2 heterocycles. The molecular weight excluding hydrogens is 378 g/mol. The molecule has 2 aromatic rings. The zero-order valence-electron chi connectivity index (χ0n) is 14.7. The number of carbonyl (C=O) groups excluding carboxylic acids is 1. The van der Waals surface area contributed by atoms with Gasteiger partial charge in [-0.05, 0) is 48.7 Å². The smallest absolute Gasteiger partial charge is 0.266 e. The lowest BCUT2D eigenvalue weighted by Gasteiger charge is -2.18. The first-order valence-electron chi connectivity index (χ1n) is 8.89. The van der Waals surface area contributed by atoms with Crippen molar-refractivity contribution in [3.05, 3.63) is 65.1 Å². The molecule has 27 heavy (non-hydrogen) atoms. The quantitative estimate of drug-likeness (QED) is 0.532. The molecule has 138 valence electrons. The van der Waals surface area contributed by atoms with Crippen molar-refractivity contribution in [2.24, 2.45) is 0 Å². The summed E-state index contributed by atoms with van der Waals surface area (Å²) < 4.78 is 12.1. The molecule has 2 saturated heterocycles. The summed E-state index contributed by atoms with van der Waals surface area (Å²) in [6.07, 6.45) is 3.99. The summed E-state index contributed by atoms with van der Waals surface area (Å²) in [5, 5.41) is 0. The second-order valence-electron chi connectivity index (χ2n) is 6.41. The van der Waals surface area contributed by atoms with Crippen LogP contribution in [0, 0.1) is 0 Å². The fourth-order valence-corrected chi connectivity index (χ4v) is 4.37. The third kappa shape index (κ3) is 4.40. The molecule has 4 rings (SSSR count). The highest BCUT2D eigenvalue weighted by Gasteiger charge is 2.34. The summed E-state index contributed by atoms with van der Waals surface area (Å²) in [4.78, 5) is 15.0. The molecule has 0 bridgehead atoms. The number of rotatable bonds is 5. The van der Waals surface area contributed by atoms with Crippen LogP contribution in [-0.4, -0.2) is 34.4 Å². The van der Waals surface area contributed by atoms with Gasteiger partial charge in [0.15, 0.2) is 0 Å². The predicted molar refractivity (Wildman–Crippen MR) is 112 cm³/mol. The van der Waals surface area contributed by atoms with Crippen molar-refractivity contribution in [1.82, 2.24) is 4.90 Å². The van der Waals surface area contributed by atoms with Gasteiger partial charge in [0, 0.05) is 6.61 Å². The fourth-order valence-electron chi connectivity index (χ4n) is 3.09. The van der Waals surface area contributed by atoms with Crippen LogP contribution in [0.5, 0.6) is 11.5 Å². The van der Waals surface area contributed by atoms with Crippen molar-refractivity contribution in [2.75, 3.05) is 13.2 Å². The van der Waals surface area contributed by atoms with Gasteiger partial charge in [0.05, 0.1) is 17.6 Å². The summed E-state index contributed by atoms with van der Waals surface area (Å²) in [6, 6.07) is 17.3. The number of thiocarbonyl (C=S) groups is 1. The Morgan fingerprint density at radius 3 is 2.78 bits per heavy atom. The Hall–Kier alpha value is -2.15. The molecule has 1 amide bonds. The van der Waals surface area contributed by atoms with E-state index in [-0.39, 0.29) is 12.0 Å². The average molecular weight is 398 g/mol. The molecule has 2 aliphatic rings. The number of benzene rings is 2. The summed E-state index contributed by atoms with van der Waals surface area (Å²) >= 11 is 6.75. The van der Waals surface area contributed by atoms with Crippen molar-refractivity contribution in [3.63, 3.8) is 0 Å². The zero-order valence-corrected chi connectivity index (χ0v) is 16.3. The van der Waals surface area contributed by atoms with E-state index in [2.05, 4.69) is 0 Å². The van der Waals surface area contributed by atoms with E-state index in [0.717, 1.165) is 36.5 Å². The molecular formula is C21H19NO3S2. The van der Waals surface area contributed by atoms with Crippen LogP contribution in [-0.2, 0) is 9.53 Å². The van der Waals surface area contributed by atoms with E-state index in [4.69, 9.17) is 21.7 Å². The number of ether oxygens (including phenoxy) is 2. The molecule has 6 heteroatoms. The van der Waals surface area contributed by atoms with E-state index in [9.17, 15) is 4.79 Å². The lowest BCUT2D eigenvalue weighted by atomic mass is 10.2. The lowest BCUT2D eigenvalue weighted by Crippen LogP contribution is -2.35. The van der Waals surface area contributed by atoms with E-state index in [1.54, 1.807) is 4.90 Å². The van der Waals surface area contributed by atoms with Gasteiger partial charge in [0.2, 0.25) is 0 Å². The van der Waals surface area contributed by atoms with Gasteiger partial charge < -0.3 is 9.47 Å². The molecule has 1 atom stereocenters. The van der Waals surface area contributed by atoms with Crippen molar-refractivity contribution in [3.8, 4) is 11.5 Å². The van der Waals surface area contributed by atoms with Crippen molar-refractivity contribution >= 4 is 40.3 Å². The van der Waals surface area contributed by atoms with E-state index in [1.807, 2.05) is 60.7 Å². The maximum Gasteiger partial charge on any atom is 0.266 e. The minimum Gasteiger partial charge on any atom is -0.457 e. The molecule has 0 N–H and O–H groups in total. The number of carbonyl (C=O) groups is 1. The van der Waals surface area contributed by atoms with Crippen molar-refractivity contribution in [2.45, 2.75) is 18.9 Å². The van der Waals surface area contributed by atoms with Gasteiger partial charge in [-0.2, -0.15) is 0 Å². The first-order chi connectivity index (χ1) is 13.2. The molecule has 0 radical (unpaired) electrons. The van der Waals surface area contributed by atoms with Crippen LogP contribution < -0.4 is 4.74 Å². The molecule has 0 aliphatic carbocycles. The summed E-state index contributed by atoms with van der Waals surface area (Å²) in [6.45, 7) is 1.31. The highest BCUT2D eigenvalue weighted by Crippen LogP contribution is 2.34. The SMILES string of the molecule is O=C1/C(=C/c2cccc(Oc3ccccc3)c2)SC(=S)N1CC1CCCO1. The number of hydrogen-bond acceptors (Lipinski definition) is 5. The third-order valence-electron chi connectivity index (χ3n) is 4.42.